The van der Waals surface area contributed by atoms with Crippen LogP contribution in [0.2, 0.25) is 0 Å². The maximum atomic E-state index is 5.96. The molecule has 3 aliphatic rings. The first kappa shape index (κ1) is 13.9. The molecule has 0 aromatic rings. The molecule has 0 amide bonds. The molecule has 3 fully saturated rings. The van der Waals surface area contributed by atoms with Crippen LogP contribution < -0.4 is 5.32 Å². The van der Waals surface area contributed by atoms with Gasteiger partial charge >= 0.3 is 0 Å². The second kappa shape index (κ2) is 6.13. The van der Waals surface area contributed by atoms with E-state index in [0.29, 0.717) is 12.1 Å². The lowest BCUT2D eigenvalue weighted by Crippen LogP contribution is -2.43. The van der Waals surface area contributed by atoms with Crippen LogP contribution in [0.4, 0.5) is 0 Å². The van der Waals surface area contributed by atoms with Crippen LogP contribution in [0.3, 0.4) is 0 Å². The minimum atomic E-state index is 0.546. The van der Waals surface area contributed by atoms with Gasteiger partial charge in [-0.15, -0.1) is 0 Å². The average molecular weight is 265 g/mol. The standard InChI is InChI=1S/C17H31NO/c1-12(2)13-4-3-5-15(9-8-13)18-16-10-11-19-17(16)14-6-7-14/h12-18H,3-11H2,1-2H3. The largest absolute Gasteiger partial charge is 0.376 e. The normalized spacial score (nSPS) is 40.6. The lowest BCUT2D eigenvalue weighted by atomic mass is 9.89. The van der Waals surface area contributed by atoms with Gasteiger partial charge in [0.2, 0.25) is 0 Å². The minimum absolute atomic E-state index is 0.546. The Hall–Kier alpha value is -0.0800. The molecule has 1 aliphatic heterocycles. The Bertz CT molecular complexity index is 287. The second-order valence-corrected chi connectivity index (χ2v) is 7.44. The molecule has 0 spiro atoms. The molecule has 1 N–H and O–H groups in total. The zero-order chi connectivity index (χ0) is 13.2. The van der Waals surface area contributed by atoms with Gasteiger partial charge in [0.1, 0.15) is 0 Å². The van der Waals surface area contributed by atoms with E-state index < -0.39 is 0 Å². The van der Waals surface area contributed by atoms with E-state index in [1.165, 1.54) is 51.4 Å². The van der Waals surface area contributed by atoms with Crippen molar-refractivity contribution in [2.45, 2.75) is 83.4 Å². The van der Waals surface area contributed by atoms with E-state index in [2.05, 4.69) is 19.2 Å². The molecular formula is C17H31NO. The Morgan fingerprint density at radius 2 is 1.79 bits per heavy atom. The molecule has 1 saturated heterocycles. The highest BCUT2D eigenvalue weighted by atomic mass is 16.5. The van der Waals surface area contributed by atoms with E-state index in [9.17, 15) is 0 Å². The molecule has 2 heteroatoms. The average Bonchev–Trinajstić information content (AvgIpc) is 3.16. The summed E-state index contributed by atoms with van der Waals surface area (Å²) >= 11 is 0. The quantitative estimate of drug-likeness (QED) is 0.782. The Labute approximate surface area is 118 Å². The molecular weight excluding hydrogens is 234 g/mol. The fraction of sp³-hybridized carbons (Fsp3) is 1.00. The van der Waals surface area contributed by atoms with E-state index in [1.807, 2.05) is 0 Å². The van der Waals surface area contributed by atoms with Gasteiger partial charge in [0.15, 0.2) is 0 Å². The molecule has 3 rings (SSSR count). The van der Waals surface area contributed by atoms with Crippen molar-refractivity contribution in [2.75, 3.05) is 6.61 Å². The predicted molar refractivity (Wildman–Crippen MR) is 79.2 cm³/mol. The van der Waals surface area contributed by atoms with Crippen LogP contribution in [-0.4, -0.2) is 24.8 Å². The van der Waals surface area contributed by atoms with Crippen molar-refractivity contribution < 1.29 is 4.74 Å². The Kier molecular flexibility index (Phi) is 4.48. The van der Waals surface area contributed by atoms with Crippen LogP contribution in [0.25, 0.3) is 0 Å². The van der Waals surface area contributed by atoms with Crippen molar-refractivity contribution in [3.63, 3.8) is 0 Å². The van der Waals surface area contributed by atoms with Gasteiger partial charge in [0, 0.05) is 18.7 Å². The van der Waals surface area contributed by atoms with Crippen molar-refractivity contribution in [1.29, 1.82) is 0 Å². The van der Waals surface area contributed by atoms with Gasteiger partial charge in [0.25, 0.3) is 0 Å². The van der Waals surface area contributed by atoms with E-state index in [-0.39, 0.29) is 0 Å². The van der Waals surface area contributed by atoms with Crippen LogP contribution in [0.1, 0.15) is 65.2 Å². The van der Waals surface area contributed by atoms with E-state index in [1.54, 1.807) is 0 Å². The zero-order valence-corrected chi connectivity index (χ0v) is 12.7. The SMILES string of the molecule is CC(C)C1CCCC(NC2CCOC2C2CC2)CC1. The molecule has 19 heavy (non-hydrogen) atoms. The molecule has 0 bridgehead atoms. The minimum Gasteiger partial charge on any atom is -0.376 e. The summed E-state index contributed by atoms with van der Waals surface area (Å²) in [5, 5.41) is 3.96. The van der Waals surface area contributed by atoms with Gasteiger partial charge in [-0.25, -0.2) is 0 Å². The summed E-state index contributed by atoms with van der Waals surface area (Å²) in [7, 11) is 0. The van der Waals surface area contributed by atoms with E-state index >= 15 is 0 Å². The number of nitrogens with one attached hydrogen (secondary N) is 1. The molecule has 4 atom stereocenters. The first-order valence-corrected chi connectivity index (χ1v) is 8.61. The van der Waals surface area contributed by atoms with Crippen LogP contribution in [0, 0.1) is 17.8 Å². The monoisotopic (exact) mass is 265 g/mol. The lowest BCUT2D eigenvalue weighted by molar-refractivity contribution is 0.0783. The van der Waals surface area contributed by atoms with Crippen molar-refractivity contribution in [3.05, 3.63) is 0 Å². The van der Waals surface area contributed by atoms with Gasteiger partial charge in [0.05, 0.1) is 6.10 Å². The summed E-state index contributed by atoms with van der Waals surface area (Å²) in [6.07, 6.45) is 11.7. The molecule has 110 valence electrons. The number of rotatable bonds is 4. The fourth-order valence-corrected chi connectivity index (χ4v) is 4.15. The maximum absolute atomic E-state index is 5.96. The van der Waals surface area contributed by atoms with Gasteiger partial charge in [-0.2, -0.15) is 0 Å². The third-order valence-electron chi connectivity index (χ3n) is 5.63. The molecule has 2 nitrogen and oxygen atoms in total. The van der Waals surface area contributed by atoms with E-state index in [0.717, 1.165) is 30.4 Å². The molecule has 1 heterocycles. The first-order valence-electron chi connectivity index (χ1n) is 8.61. The second-order valence-electron chi connectivity index (χ2n) is 7.44. The fourth-order valence-electron chi connectivity index (χ4n) is 4.15. The summed E-state index contributed by atoms with van der Waals surface area (Å²) in [5.41, 5.74) is 0. The Morgan fingerprint density at radius 3 is 2.53 bits per heavy atom. The van der Waals surface area contributed by atoms with Gasteiger partial charge in [-0.1, -0.05) is 26.7 Å². The Balaban J connectivity index is 1.49. The third kappa shape index (κ3) is 3.52. The van der Waals surface area contributed by atoms with Crippen molar-refractivity contribution in [2.24, 2.45) is 17.8 Å². The van der Waals surface area contributed by atoms with Gasteiger partial charge in [-0.05, 0) is 56.3 Å². The van der Waals surface area contributed by atoms with Crippen LogP contribution >= 0.6 is 0 Å². The molecule has 2 aliphatic carbocycles. The number of ether oxygens (including phenoxy) is 1. The lowest BCUT2D eigenvalue weighted by Gasteiger charge is -2.26. The summed E-state index contributed by atoms with van der Waals surface area (Å²) < 4.78 is 5.96. The third-order valence-corrected chi connectivity index (χ3v) is 5.63. The van der Waals surface area contributed by atoms with E-state index in [4.69, 9.17) is 4.74 Å². The van der Waals surface area contributed by atoms with Gasteiger partial charge in [-0.3, -0.25) is 0 Å². The molecule has 0 aromatic heterocycles. The smallest absolute Gasteiger partial charge is 0.0757 e. The molecule has 4 unspecified atom stereocenters. The van der Waals surface area contributed by atoms with Crippen molar-refractivity contribution in [1.82, 2.24) is 5.32 Å². The van der Waals surface area contributed by atoms with Crippen LogP contribution in [-0.2, 0) is 4.74 Å². The van der Waals surface area contributed by atoms with Crippen LogP contribution in [0.15, 0.2) is 0 Å². The van der Waals surface area contributed by atoms with Crippen LogP contribution in [0.5, 0.6) is 0 Å². The van der Waals surface area contributed by atoms with Gasteiger partial charge < -0.3 is 10.1 Å². The van der Waals surface area contributed by atoms with Crippen molar-refractivity contribution in [3.8, 4) is 0 Å². The number of hydrogen-bond acceptors (Lipinski definition) is 2. The highest BCUT2D eigenvalue weighted by Gasteiger charge is 2.41. The number of hydrogen-bond donors (Lipinski definition) is 1. The maximum Gasteiger partial charge on any atom is 0.0757 e. The summed E-state index contributed by atoms with van der Waals surface area (Å²) in [6.45, 7) is 5.78. The molecule has 2 saturated carbocycles. The topological polar surface area (TPSA) is 21.3 Å². The summed E-state index contributed by atoms with van der Waals surface area (Å²) in [6, 6.07) is 1.42. The Morgan fingerprint density at radius 1 is 0.947 bits per heavy atom. The summed E-state index contributed by atoms with van der Waals surface area (Å²) in [5.74, 6) is 2.72. The molecule has 0 aromatic carbocycles. The zero-order valence-electron chi connectivity index (χ0n) is 12.7. The molecule has 0 radical (unpaired) electrons. The highest BCUT2D eigenvalue weighted by molar-refractivity contribution is 4.95. The predicted octanol–water partition coefficient (Wildman–Crippen LogP) is 3.75. The van der Waals surface area contributed by atoms with Crippen molar-refractivity contribution >= 4 is 0 Å². The highest BCUT2D eigenvalue weighted by Crippen LogP contribution is 2.39. The summed E-state index contributed by atoms with van der Waals surface area (Å²) in [4.78, 5) is 0. The first-order chi connectivity index (χ1) is 9.24.